The minimum atomic E-state index is -0.489. The molecular weight excluding hydrogens is 410 g/mol. The van der Waals surface area contributed by atoms with Gasteiger partial charge in [0.05, 0.1) is 6.04 Å². The number of nitrogens with one attached hydrogen (secondary N) is 2. The maximum atomic E-state index is 12.7. The largest absolute Gasteiger partial charge is 0.508 e. The van der Waals surface area contributed by atoms with E-state index < -0.39 is 6.04 Å². The molecule has 0 bridgehead atoms. The third-order valence-electron chi connectivity index (χ3n) is 5.64. The van der Waals surface area contributed by atoms with Gasteiger partial charge in [0, 0.05) is 18.6 Å². The van der Waals surface area contributed by atoms with Crippen LogP contribution >= 0.6 is 0 Å². The van der Waals surface area contributed by atoms with Crippen molar-refractivity contribution in [3.63, 3.8) is 0 Å². The minimum Gasteiger partial charge on any atom is -0.508 e. The smallest absolute Gasteiger partial charge is 0.237 e. The molecule has 0 heterocycles. The third-order valence-corrected chi connectivity index (χ3v) is 5.64. The first-order chi connectivity index (χ1) is 15.9. The summed E-state index contributed by atoms with van der Waals surface area (Å²) in [5.74, 6) is 0.673. The molecule has 2 aromatic rings. The van der Waals surface area contributed by atoms with E-state index in [1.807, 2.05) is 30.3 Å². The number of benzene rings is 2. The van der Waals surface area contributed by atoms with E-state index in [2.05, 4.69) is 55.7 Å². The first-order valence-electron chi connectivity index (χ1n) is 12.2. The van der Waals surface area contributed by atoms with E-state index in [4.69, 9.17) is 5.73 Å². The first kappa shape index (κ1) is 26.6. The topological polar surface area (TPSA) is 87.4 Å². The minimum absolute atomic E-state index is 0.102. The van der Waals surface area contributed by atoms with Crippen LogP contribution in [0.15, 0.2) is 60.7 Å². The van der Waals surface area contributed by atoms with Gasteiger partial charge in [-0.15, -0.1) is 0 Å². The number of nitrogens with two attached hydrogens (primary N) is 1. The highest BCUT2D eigenvalue weighted by atomic mass is 16.3. The maximum Gasteiger partial charge on any atom is 0.237 e. The number of hydrogen-bond acceptors (Lipinski definition) is 4. The van der Waals surface area contributed by atoms with Gasteiger partial charge in [-0.2, -0.15) is 0 Å². The Morgan fingerprint density at radius 3 is 2.42 bits per heavy atom. The molecule has 0 saturated heterocycles. The van der Waals surface area contributed by atoms with Crippen LogP contribution < -0.4 is 16.4 Å². The summed E-state index contributed by atoms with van der Waals surface area (Å²) in [6, 6.07) is 17.0. The van der Waals surface area contributed by atoms with Gasteiger partial charge >= 0.3 is 0 Å². The normalized spacial score (nSPS) is 14.3. The second-order valence-electron chi connectivity index (χ2n) is 9.24. The van der Waals surface area contributed by atoms with E-state index in [0.29, 0.717) is 25.3 Å². The molecule has 2 rings (SSSR count). The predicted molar refractivity (Wildman–Crippen MR) is 138 cm³/mol. The Bertz CT molecular complexity index is 834. The molecule has 180 valence electrons. The Hall–Kier alpha value is -2.63. The van der Waals surface area contributed by atoms with Gasteiger partial charge in [-0.1, -0.05) is 88.2 Å². The lowest BCUT2D eigenvalue weighted by Gasteiger charge is -2.25. The number of hydrogen-bond donors (Lipinski definition) is 4. The number of carbonyl (C=O) groups excluding carboxylic acids is 1. The van der Waals surface area contributed by atoms with E-state index in [1.165, 1.54) is 5.56 Å². The van der Waals surface area contributed by atoms with Crippen LogP contribution in [0, 0.1) is 5.92 Å². The predicted octanol–water partition coefficient (Wildman–Crippen LogP) is 4.65. The molecule has 33 heavy (non-hydrogen) atoms. The second kappa shape index (κ2) is 14.5. The molecular formula is C28H41N3O2. The van der Waals surface area contributed by atoms with Gasteiger partial charge in [0.2, 0.25) is 5.91 Å². The van der Waals surface area contributed by atoms with Crippen molar-refractivity contribution in [2.75, 3.05) is 6.54 Å². The van der Waals surface area contributed by atoms with Crippen LogP contribution in [0.3, 0.4) is 0 Å². The van der Waals surface area contributed by atoms with E-state index in [-0.39, 0.29) is 23.7 Å². The fourth-order valence-corrected chi connectivity index (χ4v) is 3.78. The van der Waals surface area contributed by atoms with Gasteiger partial charge in [0.25, 0.3) is 0 Å². The Labute approximate surface area is 199 Å². The molecule has 0 aliphatic rings. The van der Waals surface area contributed by atoms with E-state index >= 15 is 0 Å². The SMILES string of the molecule is CCCC[C@H](N)C(=O)N[C@H](CN[C@H](C=Cc1ccccc1)CC(C)C)Cc1ccc(O)cc1. The molecule has 0 unspecified atom stereocenters. The lowest BCUT2D eigenvalue weighted by Crippen LogP contribution is -2.50. The van der Waals surface area contributed by atoms with Crippen LogP contribution in [0.5, 0.6) is 5.75 Å². The summed E-state index contributed by atoms with van der Waals surface area (Å²) < 4.78 is 0. The molecule has 0 fully saturated rings. The monoisotopic (exact) mass is 451 g/mol. The summed E-state index contributed by atoms with van der Waals surface area (Å²) in [5, 5.41) is 16.4. The van der Waals surface area contributed by atoms with Crippen molar-refractivity contribution >= 4 is 12.0 Å². The molecule has 0 saturated carbocycles. The number of phenolic OH excluding ortho intramolecular Hbond substituents is 1. The fraction of sp³-hybridized carbons (Fsp3) is 0.464. The zero-order valence-electron chi connectivity index (χ0n) is 20.3. The number of amides is 1. The standard InChI is InChI=1S/C28H41N3O2/c1-4-5-11-27(29)28(33)31-25(19-23-13-16-26(32)17-14-23)20-30-24(18-21(2)3)15-12-22-9-7-6-8-10-22/h6-10,12-17,21,24-25,27,30,32H,4-5,11,18-20,29H2,1-3H3,(H,31,33)/t24-,25+,27+/m1/s1. The zero-order valence-corrected chi connectivity index (χ0v) is 20.3. The average Bonchev–Trinajstić information content (AvgIpc) is 2.80. The Kier molecular flexibility index (Phi) is 11.7. The van der Waals surface area contributed by atoms with Gasteiger partial charge in [-0.05, 0) is 48.4 Å². The highest BCUT2D eigenvalue weighted by molar-refractivity contribution is 5.81. The molecule has 2 aromatic carbocycles. The van der Waals surface area contributed by atoms with Crippen LogP contribution in [0.4, 0.5) is 0 Å². The summed E-state index contributed by atoms with van der Waals surface area (Å²) >= 11 is 0. The van der Waals surface area contributed by atoms with Gasteiger partial charge in [-0.3, -0.25) is 4.79 Å². The number of unbranched alkanes of at least 4 members (excludes halogenated alkanes) is 1. The highest BCUT2D eigenvalue weighted by Crippen LogP contribution is 2.13. The van der Waals surface area contributed by atoms with Crippen molar-refractivity contribution in [3.05, 3.63) is 71.8 Å². The molecule has 0 aliphatic carbocycles. The van der Waals surface area contributed by atoms with Gasteiger partial charge in [0.1, 0.15) is 5.75 Å². The molecule has 5 heteroatoms. The summed E-state index contributed by atoms with van der Waals surface area (Å²) in [6.07, 6.45) is 8.67. The van der Waals surface area contributed by atoms with Crippen LogP contribution in [-0.2, 0) is 11.2 Å². The van der Waals surface area contributed by atoms with E-state index in [0.717, 1.165) is 24.8 Å². The summed E-state index contributed by atoms with van der Waals surface area (Å²) in [5.41, 5.74) is 8.35. The number of rotatable bonds is 14. The lowest BCUT2D eigenvalue weighted by molar-refractivity contribution is -0.123. The summed E-state index contributed by atoms with van der Waals surface area (Å²) in [4.78, 5) is 12.7. The van der Waals surface area contributed by atoms with Crippen LogP contribution in [0.1, 0.15) is 57.6 Å². The van der Waals surface area contributed by atoms with Crippen molar-refractivity contribution < 1.29 is 9.90 Å². The lowest BCUT2D eigenvalue weighted by atomic mass is 10.0. The molecule has 0 spiro atoms. The second-order valence-corrected chi connectivity index (χ2v) is 9.24. The maximum absolute atomic E-state index is 12.7. The average molecular weight is 452 g/mol. The number of aromatic hydroxyl groups is 1. The first-order valence-corrected chi connectivity index (χ1v) is 12.2. The fourth-order valence-electron chi connectivity index (χ4n) is 3.78. The Balaban J connectivity index is 2.08. The van der Waals surface area contributed by atoms with Gasteiger partial charge in [-0.25, -0.2) is 0 Å². The molecule has 0 radical (unpaired) electrons. The third kappa shape index (κ3) is 10.7. The molecule has 0 aromatic heterocycles. The molecule has 3 atom stereocenters. The van der Waals surface area contributed by atoms with Gasteiger partial charge in [0.15, 0.2) is 0 Å². The zero-order chi connectivity index (χ0) is 24.1. The summed E-state index contributed by atoms with van der Waals surface area (Å²) in [7, 11) is 0. The highest BCUT2D eigenvalue weighted by Gasteiger charge is 2.19. The van der Waals surface area contributed by atoms with Crippen molar-refractivity contribution in [3.8, 4) is 5.75 Å². The molecule has 5 nitrogen and oxygen atoms in total. The molecule has 1 amide bonds. The van der Waals surface area contributed by atoms with Crippen LogP contribution in [0.25, 0.3) is 6.08 Å². The van der Waals surface area contributed by atoms with Crippen molar-refractivity contribution in [2.24, 2.45) is 11.7 Å². The number of phenols is 1. The summed E-state index contributed by atoms with van der Waals surface area (Å²) in [6.45, 7) is 7.16. The Morgan fingerprint density at radius 1 is 1.09 bits per heavy atom. The number of carbonyl (C=O) groups is 1. The van der Waals surface area contributed by atoms with Gasteiger partial charge < -0.3 is 21.5 Å². The Morgan fingerprint density at radius 2 is 1.79 bits per heavy atom. The quantitative estimate of drug-likeness (QED) is 0.337. The van der Waals surface area contributed by atoms with Crippen molar-refractivity contribution in [2.45, 2.75) is 71.0 Å². The van der Waals surface area contributed by atoms with Crippen molar-refractivity contribution in [1.29, 1.82) is 0 Å². The van der Waals surface area contributed by atoms with Crippen molar-refractivity contribution in [1.82, 2.24) is 10.6 Å². The molecule has 5 N–H and O–H groups in total. The molecule has 0 aliphatic heterocycles. The van der Waals surface area contributed by atoms with E-state index in [9.17, 15) is 9.90 Å². The van der Waals surface area contributed by atoms with E-state index in [1.54, 1.807) is 12.1 Å². The van der Waals surface area contributed by atoms with Crippen LogP contribution in [-0.4, -0.2) is 35.7 Å². The van der Waals surface area contributed by atoms with Crippen LogP contribution in [0.2, 0.25) is 0 Å².